The van der Waals surface area contributed by atoms with Crippen LogP contribution in [-0.2, 0) is 0 Å². The maximum Gasteiger partial charge on any atom is 0.0539 e. The predicted molar refractivity (Wildman–Crippen MR) is 58.0 cm³/mol. The Morgan fingerprint density at radius 3 is 2.18 bits per heavy atom. The molecule has 0 radical (unpaired) electrons. The molecular formula is C10H22P+. The molecule has 1 heteroatoms. The van der Waals surface area contributed by atoms with Crippen molar-refractivity contribution in [1.82, 2.24) is 0 Å². The van der Waals surface area contributed by atoms with Gasteiger partial charge in [0, 0.05) is 7.26 Å². The summed E-state index contributed by atoms with van der Waals surface area (Å²) in [6.45, 7) is 9.30. The molecule has 0 saturated heterocycles. The van der Waals surface area contributed by atoms with E-state index in [-0.39, 0.29) is 0 Å². The molecule has 11 heavy (non-hydrogen) atoms. The first-order chi connectivity index (χ1) is 5.06. The second kappa shape index (κ2) is 5.77. The van der Waals surface area contributed by atoms with E-state index in [4.69, 9.17) is 0 Å². The second-order valence-electron chi connectivity index (χ2n) is 4.00. The van der Waals surface area contributed by atoms with E-state index >= 15 is 0 Å². The molecule has 0 aromatic rings. The minimum absolute atomic E-state index is 0.645. The van der Waals surface area contributed by atoms with Crippen LogP contribution in [0.1, 0.15) is 32.6 Å². The van der Waals surface area contributed by atoms with E-state index in [9.17, 15) is 0 Å². The number of hydrogen-bond acceptors (Lipinski definition) is 0. The lowest BCUT2D eigenvalue weighted by molar-refractivity contribution is 0.729. The van der Waals surface area contributed by atoms with Gasteiger partial charge in [0.15, 0.2) is 0 Å². The van der Waals surface area contributed by atoms with Gasteiger partial charge in [-0.1, -0.05) is 19.8 Å². The van der Waals surface area contributed by atoms with Crippen LogP contribution in [-0.4, -0.2) is 20.0 Å². The van der Waals surface area contributed by atoms with Gasteiger partial charge in [-0.3, -0.25) is 0 Å². The van der Waals surface area contributed by atoms with Crippen molar-refractivity contribution in [1.29, 1.82) is 0 Å². The van der Waals surface area contributed by atoms with Gasteiger partial charge in [-0.15, -0.1) is 0 Å². The van der Waals surface area contributed by atoms with Crippen LogP contribution in [0.3, 0.4) is 0 Å². The largest absolute Gasteiger partial charge is 0.0654 e. The Labute approximate surface area is 72.4 Å². The lowest BCUT2D eigenvalue weighted by atomic mass is 10.2. The summed E-state index contributed by atoms with van der Waals surface area (Å²) in [6.07, 6.45) is 7.73. The van der Waals surface area contributed by atoms with Gasteiger partial charge < -0.3 is 0 Å². The number of rotatable bonds is 5. The van der Waals surface area contributed by atoms with E-state index in [0.29, 0.717) is 0 Å². The Morgan fingerprint density at radius 2 is 1.73 bits per heavy atom. The molecule has 0 saturated carbocycles. The highest BCUT2D eigenvalue weighted by molar-refractivity contribution is 7.76. The maximum absolute atomic E-state index is 2.42. The van der Waals surface area contributed by atoms with E-state index in [1.54, 1.807) is 0 Å². The summed E-state index contributed by atoms with van der Waals surface area (Å²) in [5.41, 5.74) is 0. The molecule has 0 unspecified atom stereocenters. The molecule has 0 heterocycles. The van der Waals surface area contributed by atoms with Gasteiger partial charge in [0.1, 0.15) is 0 Å². The number of allylic oxidation sites excluding steroid dienone is 1. The van der Waals surface area contributed by atoms with E-state index in [1.165, 1.54) is 25.7 Å². The fourth-order valence-electron chi connectivity index (χ4n) is 0.903. The fourth-order valence-corrected chi connectivity index (χ4v) is 1.68. The van der Waals surface area contributed by atoms with E-state index in [2.05, 4.69) is 38.8 Å². The van der Waals surface area contributed by atoms with E-state index in [1.807, 2.05) is 0 Å². The average Bonchev–Trinajstić information content (AvgIpc) is 1.85. The monoisotopic (exact) mass is 173 g/mol. The summed E-state index contributed by atoms with van der Waals surface area (Å²) < 4.78 is 0. The first kappa shape index (κ1) is 11.2. The molecule has 0 aromatic carbocycles. The number of unbranched alkanes of at least 4 members (excludes halogenated alkanes) is 3. The first-order valence-electron chi connectivity index (χ1n) is 4.55. The highest BCUT2D eigenvalue weighted by Crippen LogP contribution is 2.48. The smallest absolute Gasteiger partial charge is 0.0539 e. The molecule has 0 aliphatic carbocycles. The average molecular weight is 173 g/mol. The lowest BCUT2D eigenvalue weighted by Crippen LogP contribution is -1.77. The SMILES string of the molecule is CCCCC/C=C/[P+](C)(C)C. The summed E-state index contributed by atoms with van der Waals surface area (Å²) >= 11 is 0. The van der Waals surface area contributed by atoms with E-state index in [0.717, 1.165) is 0 Å². The summed E-state index contributed by atoms with van der Waals surface area (Å²) in [6, 6.07) is 0. The summed E-state index contributed by atoms with van der Waals surface area (Å²) in [4.78, 5) is 0. The standard InChI is InChI=1S/C10H22P/c1-5-6-7-8-9-10-11(2,3)4/h9-10H,5-8H2,1-4H3/q+1/b10-9+. The van der Waals surface area contributed by atoms with Gasteiger partial charge in [0.2, 0.25) is 0 Å². The molecule has 0 atom stereocenters. The zero-order valence-electron chi connectivity index (χ0n) is 8.43. The lowest BCUT2D eigenvalue weighted by Gasteiger charge is -2.02. The van der Waals surface area contributed by atoms with Gasteiger partial charge in [-0.2, -0.15) is 0 Å². The van der Waals surface area contributed by atoms with Crippen molar-refractivity contribution in [3.8, 4) is 0 Å². The van der Waals surface area contributed by atoms with Gasteiger partial charge in [0.25, 0.3) is 0 Å². The molecule has 0 aliphatic rings. The normalized spacial score (nSPS) is 12.7. The quantitative estimate of drug-likeness (QED) is 0.435. The van der Waals surface area contributed by atoms with Crippen LogP contribution in [0.25, 0.3) is 0 Å². The summed E-state index contributed by atoms with van der Waals surface area (Å²) in [5, 5.41) is 0. The molecule has 0 bridgehead atoms. The van der Waals surface area contributed by atoms with Gasteiger partial charge in [-0.05, 0) is 18.9 Å². The van der Waals surface area contributed by atoms with Crippen molar-refractivity contribution >= 4 is 7.26 Å². The highest BCUT2D eigenvalue weighted by atomic mass is 31.2. The molecule has 66 valence electrons. The molecule has 0 rings (SSSR count). The van der Waals surface area contributed by atoms with E-state index < -0.39 is 7.26 Å². The molecule has 0 aromatic heterocycles. The molecule has 0 aliphatic heterocycles. The van der Waals surface area contributed by atoms with Crippen LogP contribution >= 0.6 is 7.26 Å². The Bertz CT molecular complexity index is 109. The molecular weight excluding hydrogens is 151 g/mol. The summed E-state index contributed by atoms with van der Waals surface area (Å²) in [7, 11) is -0.645. The Morgan fingerprint density at radius 1 is 1.09 bits per heavy atom. The number of hydrogen-bond donors (Lipinski definition) is 0. The Balaban J connectivity index is 3.30. The third-order valence-electron chi connectivity index (χ3n) is 1.53. The first-order valence-corrected chi connectivity index (χ1v) is 7.75. The zero-order chi connectivity index (χ0) is 8.74. The van der Waals surface area contributed by atoms with Crippen LogP contribution in [0.5, 0.6) is 0 Å². The van der Waals surface area contributed by atoms with Crippen molar-refractivity contribution in [3.63, 3.8) is 0 Å². The summed E-state index contributed by atoms with van der Waals surface area (Å²) in [5.74, 6) is 2.42. The van der Waals surface area contributed by atoms with Crippen LogP contribution in [0, 0.1) is 0 Å². The topological polar surface area (TPSA) is 0 Å². The van der Waals surface area contributed by atoms with Gasteiger partial charge in [-0.25, -0.2) is 0 Å². The predicted octanol–water partition coefficient (Wildman–Crippen LogP) is 3.99. The Hall–Kier alpha value is 0.170. The van der Waals surface area contributed by atoms with Crippen molar-refractivity contribution in [2.24, 2.45) is 0 Å². The third kappa shape index (κ3) is 10.2. The maximum atomic E-state index is 2.42. The van der Waals surface area contributed by atoms with Gasteiger partial charge >= 0.3 is 0 Å². The van der Waals surface area contributed by atoms with Crippen molar-refractivity contribution in [2.45, 2.75) is 32.6 Å². The highest BCUT2D eigenvalue weighted by Gasteiger charge is 2.10. The zero-order valence-corrected chi connectivity index (χ0v) is 9.32. The second-order valence-corrected chi connectivity index (χ2v) is 8.53. The van der Waals surface area contributed by atoms with Crippen molar-refractivity contribution in [3.05, 3.63) is 11.9 Å². The van der Waals surface area contributed by atoms with Crippen molar-refractivity contribution in [2.75, 3.05) is 20.0 Å². The van der Waals surface area contributed by atoms with Crippen molar-refractivity contribution < 1.29 is 0 Å². The van der Waals surface area contributed by atoms with Crippen LogP contribution < -0.4 is 0 Å². The Kier molecular flexibility index (Phi) is 5.86. The fraction of sp³-hybridized carbons (Fsp3) is 0.800. The molecule has 0 nitrogen and oxygen atoms in total. The molecule has 0 spiro atoms. The minimum atomic E-state index is -0.645. The molecule has 0 fully saturated rings. The minimum Gasteiger partial charge on any atom is -0.0654 e. The van der Waals surface area contributed by atoms with Crippen LogP contribution in [0.15, 0.2) is 11.9 Å². The van der Waals surface area contributed by atoms with Gasteiger partial charge in [0.05, 0.1) is 25.8 Å². The molecule has 0 amide bonds. The van der Waals surface area contributed by atoms with Crippen LogP contribution in [0.4, 0.5) is 0 Å². The third-order valence-corrected chi connectivity index (χ3v) is 2.63. The van der Waals surface area contributed by atoms with Crippen LogP contribution in [0.2, 0.25) is 0 Å². The molecule has 0 N–H and O–H groups in total.